The van der Waals surface area contributed by atoms with Gasteiger partial charge in [0.1, 0.15) is 11.6 Å². The van der Waals surface area contributed by atoms with Gasteiger partial charge in [0.15, 0.2) is 0 Å². The van der Waals surface area contributed by atoms with Crippen molar-refractivity contribution in [2.24, 2.45) is 5.92 Å². The van der Waals surface area contributed by atoms with Crippen LogP contribution in [0.1, 0.15) is 59.3 Å². The molecule has 3 saturated heterocycles. The summed E-state index contributed by atoms with van der Waals surface area (Å²) in [5, 5.41) is 9.16. The second kappa shape index (κ2) is 12.8. The molecule has 226 valence electrons. The number of anilines is 2. The molecule has 5 rings (SSSR count). The number of ether oxygens (including phenoxy) is 1. The molecule has 1 unspecified atom stereocenters. The zero-order valence-corrected chi connectivity index (χ0v) is 25.3. The number of rotatable bonds is 7. The van der Waals surface area contributed by atoms with Crippen molar-refractivity contribution in [2.45, 2.75) is 83.0 Å². The van der Waals surface area contributed by atoms with Gasteiger partial charge in [-0.1, -0.05) is 11.6 Å². The molecular weight excluding hydrogens is 544 g/mol. The molecule has 10 nitrogen and oxygen atoms in total. The minimum absolute atomic E-state index is 0.224. The van der Waals surface area contributed by atoms with Crippen LogP contribution in [-0.4, -0.2) is 97.2 Å². The number of piperidine rings is 2. The molecule has 1 aromatic carbocycles. The fourth-order valence-electron chi connectivity index (χ4n) is 6.36. The third kappa shape index (κ3) is 8.05. The van der Waals surface area contributed by atoms with Crippen molar-refractivity contribution >= 4 is 40.9 Å². The molecular formula is C30H45ClN6O4. The first-order chi connectivity index (χ1) is 19.5. The molecule has 1 aliphatic carbocycles. The number of carbonyl (C=O) groups is 3. The molecule has 3 N–H and O–H groups in total. The second-order valence-electron chi connectivity index (χ2n) is 13.0. The predicted molar refractivity (Wildman–Crippen MR) is 160 cm³/mol. The first kappa shape index (κ1) is 29.9. The van der Waals surface area contributed by atoms with Crippen LogP contribution >= 0.6 is 11.6 Å². The van der Waals surface area contributed by atoms with E-state index in [1.54, 1.807) is 0 Å². The second-order valence-corrected chi connectivity index (χ2v) is 13.5. The van der Waals surface area contributed by atoms with Gasteiger partial charge in [0.2, 0.25) is 11.8 Å². The van der Waals surface area contributed by atoms with E-state index < -0.39 is 11.6 Å². The van der Waals surface area contributed by atoms with Crippen molar-refractivity contribution in [1.29, 1.82) is 0 Å². The van der Waals surface area contributed by atoms with Crippen molar-refractivity contribution < 1.29 is 19.1 Å². The highest BCUT2D eigenvalue weighted by Gasteiger charge is 2.37. The average Bonchev–Trinajstić information content (AvgIpc) is 2.89. The molecule has 1 atom stereocenters. The normalized spacial score (nSPS) is 26.7. The Balaban J connectivity index is 0.993. The maximum absolute atomic E-state index is 12.1. The summed E-state index contributed by atoms with van der Waals surface area (Å²) in [5.41, 5.74) is 1.37. The number of alkyl carbamates (subject to hydrolysis) is 1. The van der Waals surface area contributed by atoms with Crippen molar-refractivity contribution in [2.75, 3.05) is 56.0 Å². The lowest BCUT2D eigenvalue weighted by molar-refractivity contribution is -0.133. The largest absolute Gasteiger partial charge is 0.444 e. The van der Waals surface area contributed by atoms with E-state index in [9.17, 15) is 14.4 Å². The Morgan fingerprint density at radius 1 is 1.05 bits per heavy atom. The number of hydrogen-bond acceptors (Lipinski definition) is 8. The standard InChI is InChI=1S/C30H45ClN6O4/c1-30(2,3)41-29(40)32-21-16-23(17-21)37-14-12-35(13-15-37)19-20-8-10-36(11-9-20)22-4-5-25(24(31)18-22)33-26-6-7-27(38)34-28(26)39/h4-5,18,20-21,23,26,33H,6-17,19H2,1-3H3,(H,32,40)(H,34,38,39). The maximum atomic E-state index is 12.1. The number of amides is 3. The van der Waals surface area contributed by atoms with Crippen LogP contribution in [0.3, 0.4) is 0 Å². The van der Waals surface area contributed by atoms with Crippen LogP contribution in [0, 0.1) is 5.92 Å². The van der Waals surface area contributed by atoms with Gasteiger partial charge in [-0.05, 0) is 77.0 Å². The minimum atomic E-state index is -0.460. The topological polar surface area (TPSA) is 106 Å². The number of nitrogens with one attached hydrogen (secondary N) is 3. The van der Waals surface area contributed by atoms with Crippen molar-refractivity contribution in [3.63, 3.8) is 0 Å². The van der Waals surface area contributed by atoms with Gasteiger partial charge in [-0.25, -0.2) is 4.79 Å². The zero-order chi connectivity index (χ0) is 29.1. The van der Waals surface area contributed by atoms with Gasteiger partial charge < -0.3 is 25.2 Å². The Kier molecular flexibility index (Phi) is 9.30. The molecule has 3 heterocycles. The Morgan fingerprint density at radius 2 is 1.76 bits per heavy atom. The smallest absolute Gasteiger partial charge is 0.407 e. The summed E-state index contributed by atoms with van der Waals surface area (Å²) >= 11 is 6.58. The molecule has 4 fully saturated rings. The Morgan fingerprint density at radius 3 is 2.39 bits per heavy atom. The van der Waals surface area contributed by atoms with Gasteiger partial charge in [-0.3, -0.25) is 19.8 Å². The van der Waals surface area contributed by atoms with E-state index in [2.05, 4.69) is 36.7 Å². The lowest BCUT2D eigenvalue weighted by atomic mass is 9.85. The van der Waals surface area contributed by atoms with Gasteiger partial charge in [0.25, 0.3) is 0 Å². The molecule has 0 bridgehead atoms. The van der Waals surface area contributed by atoms with Crippen LogP contribution in [0.5, 0.6) is 0 Å². The van der Waals surface area contributed by atoms with Crippen molar-refractivity contribution in [3.8, 4) is 0 Å². The lowest BCUT2D eigenvalue weighted by Gasteiger charge is -2.47. The third-order valence-electron chi connectivity index (χ3n) is 8.77. The highest BCUT2D eigenvalue weighted by atomic mass is 35.5. The monoisotopic (exact) mass is 588 g/mol. The van der Waals surface area contributed by atoms with Crippen LogP contribution in [-0.2, 0) is 14.3 Å². The summed E-state index contributed by atoms with van der Waals surface area (Å²) < 4.78 is 5.38. The van der Waals surface area contributed by atoms with E-state index in [4.69, 9.17) is 16.3 Å². The van der Waals surface area contributed by atoms with E-state index in [1.807, 2.05) is 32.9 Å². The first-order valence-corrected chi connectivity index (χ1v) is 15.5. The molecule has 4 aliphatic rings. The summed E-state index contributed by atoms with van der Waals surface area (Å²) in [6, 6.07) is 6.33. The van der Waals surface area contributed by atoms with Crippen LogP contribution in [0.2, 0.25) is 5.02 Å². The molecule has 3 aliphatic heterocycles. The fourth-order valence-corrected chi connectivity index (χ4v) is 6.59. The fraction of sp³-hybridized carbons (Fsp3) is 0.700. The highest BCUT2D eigenvalue weighted by molar-refractivity contribution is 6.33. The first-order valence-electron chi connectivity index (χ1n) is 15.1. The van der Waals surface area contributed by atoms with Gasteiger partial charge in [0.05, 0.1) is 10.7 Å². The van der Waals surface area contributed by atoms with Crippen LogP contribution in [0.15, 0.2) is 18.2 Å². The number of piperazine rings is 1. The number of nitrogens with zero attached hydrogens (tertiary/aromatic N) is 3. The van der Waals surface area contributed by atoms with Gasteiger partial charge >= 0.3 is 6.09 Å². The average molecular weight is 589 g/mol. The number of halogens is 1. The number of hydrogen-bond donors (Lipinski definition) is 3. The van der Waals surface area contributed by atoms with Crippen molar-refractivity contribution in [3.05, 3.63) is 23.2 Å². The summed E-state index contributed by atoms with van der Waals surface area (Å²) in [5.74, 6) is 0.181. The Bertz CT molecular complexity index is 1100. The van der Waals surface area contributed by atoms with Crippen molar-refractivity contribution in [1.82, 2.24) is 20.4 Å². The van der Waals surface area contributed by atoms with E-state index in [0.29, 0.717) is 29.8 Å². The molecule has 3 amide bonds. The highest BCUT2D eigenvalue weighted by Crippen LogP contribution is 2.32. The predicted octanol–water partition coefficient (Wildman–Crippen LogP) is 3.45. The summed E-state index contributed by atoms with van der Waals surface area (Å²) in [7, 11) is 0. The van der Waals surface area contributed by atoms with E-state index in [-0.39, 0.29) is 23.9 Å². The van der Waals surface area contributed by atoms with Crippen LogP contribution in [0.4, 0.5) is 16.2 Å². The summed E-state index contributed by atoms with van der Waals surface area (Å²) in [6.07, 6.45) is 4.84. The van der Waals surface area contributed by atoms with Gasteiger partial charge in [-0.15, -0.1) is 0 Å². The molecule has 0 spiro atoms. The quantitative estimate of drug-likeness (QED) is 0.416. The number of carbonyl (C=O) groups excluding carboxylic acids is 3. The maximum Gasteiger partial charge on any atom is 0.407 e. The minimum Gasteiger partial charge on any atom is -0.444 e. The molecule has 1 aromatic rings. The van der Waals surface area contributed by atoms with E-state index in [1.165, 1.54) is 0 Å². The molecule has 0 radical (unpaired) electrons. The van der Waals surface area contributed by atoms with Gasteiger partial charge in [-0.2, -0.15) is 0 Å². The Labute approximate surface area is 248 Å². The molecule has 11 heteroatoms. The summed E-state index contributed by atoms with van der Waals surface area (Å²) in [4.78, 5) is 43.1. The number of benzene rings is 1. The van der Waals surface area contributed by atoms with Gasteiger partial charge in [0, 0.05) is 70.0 Å². The molecule has 41 heavy (non-hydrogen) atoms. The van der Waals surface area contributed by atoms with E-state index >= 15 is 0 Å². The lowest BCUT2D eigenvalue weighted by Crippen LogP contribution is -2.59. The summed E-state index contributed by atoms with van der Waals surface area (Å²) in [6.45, 7) is 13.3. The molecule has 1 saturated carbocycles. The molecule has 0 aromatic heterocycles. The SMILES string of the molecule is CC(C)(C)OC(=O)NC1CC(N2CCN(CC3CCN(c4ccc(NC5CCC(=O)NC5=O)c(Cl)c4)CC3)CC2)C1. The number of imide groups is 1. The van der Waals surface area contributed by atoms with Crippen LogP contribution in [0.25, 0.3) is 0 Å². The van der Waals surface area contributed by atoms with Crippen LogP contribution < -0.4 is 20.9 Å². The Hall–Kier alpha value is -2.56. The third-order valence-corrected chi connectivity index (χ3v) is 9.09. The van der Waals surface area contributed by atoms with E-state index in [0.717, 1.165) is 82.9 Å². The zero-order valence-electron chi connectivity index (χ0n) is 24.6.